The summed E-state index contributed by atoms with van der Waals surface area (Å²) < 4.78 is 0. The summed E-state index contributed by atoms with van der Waals surface area (Å²) in [5.74, 6) is 1.25. The molecule has 0 aliphatic heterocycles. The zero-order valence-electron chi connectivity index (χ0n) is 10.6. The van der Waals surface area contributed by atoms with Crippen LogP contribution in [0.2, 0.25) is 0 Å². The fourth-order valence-corrected chi connectivity index (χ4v) is 1.38. The fraction of sp³-hybridized carbons (Fsp3) is 0.545. The van der Waals surface area contributed by atoms with Gasteiger partial charge >= 0.3 is 0 Å². The van der Waals surface area contributed by atoms with Gasteiger partial charge in [0.25, 0.3) is 0 Å². The van der Waals surface area contributed by atoms with Gasteiger partial charge in [0.15, 0.2) is 0 Å². The molecular formula is C11H20N6O. The maximum absolute atomic E-state index is 10.6. The second kappa shape index (κ2) is 7.31. The van der Waals surface area contributed by atoms with Gasteiger partial charge in [-0.3, -0.25) is 4.79 Å². The minimum Gasteiger partial charge on any atom is -0.370 e. The summed E-state index contributed by atoms with van der Waals surface area (Å²) in [5, 5.41) is 6.22. The third kappa shape index (κ3) is 5.33. The van der Waals surface area contributed by atoms with E-state index in [2.05, 4.69) is 27.5 Å². The van der Waals surface area contributed by atoms with Gasteiger partial charge in [-0.1, -0.05) is 6.92 Å². The summed E-state index contributed by atoms with van der Waals surface area (Å²) in [5.41, 5.74) is 10.7. The average Bonchev–Trinajstić information content (AvgIpc) is 2.31. The van der Waals surface area contributed by atoms with E-state index in [0.29, 0.717) is 31.0 Å². The van der Waals surface area contributed by atoms with E-state index >= 15 is 0 Å². The molecule has 0 radical (unpaired) electrons. The Morgan fingerprint density at radius 2 is 1.89 bits per heavy atom. The van der Waals surface area contributed by atoms with Crippen molar-refractivity contribution in [2.75, 3.05) is 29.5 Å². The number of amides is 1. The Bertz CT molecular complexity index is 395. The molecule has 0 aliphatic carbocycles. The van der Waals surface area contributed by atoms with Crippen LogP contribution in [0.15, 0.2) is 6.07 Å². The number of nitrogens with two attached hydrogens (primary N) is 2. The highest BCUT2D eigenvalue weighted by molar-refractivity contribution is 5.73. The van der Waals surface area contributed by atoms with E-state index in [0.717, 1.165) is 13.0 Å². The second-order valence-corrected chi connectivity index (χ2v) is 3.92. The average molecular weight is 252 g/mol. The summed E-state index contributed by atoms with van der Waals surface area (Å²) >= 11 is 0. The zero-order valence-corrected chi connectivity index (χ0v) is 10.6. The topological polar surface area (TPSA) is 119 Å². The van der Waals surface area contributed by atoms with E-state index in [1.165, 1.54) is 0 Å². The zero-order chi connectivity index (χ0) is 13.4. The minimum atomic E-state index is -0.302. The fourth-order valence-electron chi connectivity index (χ4n) is 1.38. The van der Waals surface area contributed by atoms with Crippen LogP contribution in [-0.2, 0) is 4.79 Å². The highest BCUT2D eigenvalue weighted by Gasteiger charge is 2.02. The molecule has 1 rings (SSSR count). The first-order chi connectivity index (χ1) is 8.61. The van der Waals surface area contributed by atoms with Gasteiger partial charge in [0, 0.05) is 25.6 Å². The van der Waals surface area contributed by atoms with E-state index < -0.39 is 0 Å². The molecule has 0 atom stereocenters. The summed E-state index contributed by atoms with van der Waals surface area (Å²) in [6.07, 6.45) is 2.02. The molecule has 0 spiro atoms. The SMILES string of the molecule is CCCNc1cc(NCCCC(N)=O)nc(N)n1. The van der Waals surface area contributed by atoms with Crippen LogP contribution >= 0.6 is 0 Å². The van der Waals surface area contributed by atoms with Crippen molar-refractivity contribution in [2.24, 2.45) is 5.73 Å². The highest BCUT2D eigenvalue weighted by Crippen LogP contribution is 2.12. The number of anilines is 3. The van der Waals surface area contributed by atoms with Crippen LogP contribution in [0.25, 0.3) is 0 Å². The van der Waals surface area contributed by atoms with Gasteiger partial charge in [-0.15, -0.1) is 0 Å². The van der Waals surface area contributed by atoms with Crippen LogP contribution < -0.4 is 22.1 Å². The van der Waals surface area contributed by atoms with Crippen molar-refractivity contribution >= 4 is 23.5 Å². The Morgan fingerprint density at radius 3 is 2.44 bits per heavy atom. The predicted octanol–water partition coefficient (Wildman–Crippen LogP) is 0.558. The van der Waals surface area contributed by atoms with Gasteiger partial charge < -0.3 is 22.1 Å². The minimum absolute atomic E-state index is 0.216. The summed E-state index contributed by atoms with van der Waals surface area (Å²) in [4.78, 5) is 18.7. The lowest BCUT2D eigenvalue weighted by Crippen LogP contribution is -2.13. The number of hydrogen-bond donors (Lipinski definition) is 4. The second-order valence-electron chi connectivity index (χ2n) is 3.92. The Balaban J connectivity index is 2.48. The molecule has 7 nitrogen and oxygen atoms in total. The molecule has 0 unspecified atom stereocenters. The highest BCUT2D eigenvalue weighted by atomic mass is 16.1. The Hall–Kier alpha value is -2.05. The third-order valence-corrected chi connectivity index (χ3v) is 2.21. The van der Waals surface area contributed by atoms with Gasteiger partial charge in [-0.25, -0.2) is 0 Å². The third-order valence-electron chi connectivity index (χ3n) is 2.21. The lowest BCUT2D eigenvalue weighted by Gasteiger charge is -2.09. The van der Waals surface area contributed by atoms with Gasteiger partial charge in [0.05, 0.1) is 0 Å². The Labute approximate surface area is 106 Å². The number of carbonyl (C=O) groups is 1. The van der Waals surface area contributed by atoms with E-state index in [1.807, 2.05) is 0 Å². The molecule has 0 saturated heterocycles. The number of hydrogen-bond acceptors (Lipinski definition) is 6. The van der Waals surface area contributed by atoms with Crippen LogP contribution in [0, 0.1) is 0 Å². The normalized spacial score (nSPS) is 10.1. The number of aromatic nitrogens is 2. The quantitative estimate of drug-likeness (QED) is 0.502. The molecule has 0 saturated carbocycles. The first-order valence-corrected chi connectivity index (χ1v) is 6.02. The lowest BCUT2D eigenvalue weighted by atomic mass is 10.3. The first kappa shape index (κ1) is 14.0. The van der Waals surface area contributed by atoms with Crippen LogP contribution in [0.1, 0.15) is 26.2 Å². The standard InChI is InChI=1S/C11H20N6O/c1-2-5-14-9-7-10(17-11(13)16-9)15-6-3-4-8(12)18/h7H,2-6H2,1H3,(H2,12,18)(H4,13,14,15,16,17). The van der Waals surface area contributed by atoms with Crippen molar-refractivity contribution in [3.8, 4) is 0 Å². The smallest absolute Gasteiger partial charge is 0.223 e. The Morgan fingerprint density at radius 1 is 1.28 bits per heavy atom. The van der Waals surface area contributed by atoms with E-state index in [-0.39, 0.29) is 11.9 Å². The maximum atomic E-state index is 10.6. The summed E-state index contributed by atoms with van der Waals surface area (Å²) in [6, 6.07) is 1.79. The largest absolute Gasteiger partial charge is 0.370 e. The molecule has 1 aromatic rings. The molecule has 1 amide bonds. The first-order valence-electron chi connectivity index (χ1n) is 6.02. The number of nitrogens with one attached hydrogen (secondary N) is 2. The van der Waals surface area contributed by atoms with Crippen molar-refractivity contribution in [1.82, 2.24) is 9.97 Å². The van der Waals surface area contributed by atoms with Gasteiger partial charge in [-0.05, 0) is 12.8 Å². The number of nitrogen functional groups attached to an aromatic ring is 1. The monoisotopic (exact) mass is 252 g/mol. The van der Waals surface area contributed by atoms with Crippen molar-refractivity contribution in [3.63, 3.8) is 0 Å². The summed E-state index contributed by atoms with van der Waals surface area (Å²) in [7, 11) is 0. The van der Waals surface area contributed by atoms with Crippen LogP contribution in [0.3, 0.4) is 0 Å². The van der Waals surface area contributed by atoms with Gasteiger partial charge in [0.1, 0.15) is 11.6 Å². The van der Waals surface area contributed by atoms with Crippen molar-refractivity contribution in [2.45, 2.75) is 26.2 Å². The van der Waals surface area contributed by atoms with Gasteiger partial charge in [0.2, 0.25) is 11.9 Å². The molecule has 1 heterocycles. The maximum Gasteiger partial charge on any atom is 0.223 e. The molecule has 0 fully saturated rings. The lowest BCUT2D eigenvalue weighted by molar-refractivity contribution is -0.118. The van der Waals surface area contributed by atoms with E-state index in [4.69, 9.17) is 11.5 Å². The summed E-state index contributed by atoms with van der Waals surface area (Å²) in [6.45, 7) is 3.52. The Kier molecular flexibility index (Phi) is 5.69. The number of rotatable bonds is 8. The molecular weight excluding hydrogens is 232 g/mol. The van der Waals surface area contributed by atoms with Crippen LogP contribution in [-0.4, -0.2) is 29.0 Å². The van der Waals surface area contributed by atoms with Crippen LogP contribution in [0.5, 0.6) is 0 Å². The molecule has 1 aromatic heterocycles. The molecule has 0 bridgehead atoms. The number of nitrogens with zero attached hydrogens (tertiary/aromatic N) is 2. The predicted molar refractivity (Wildman–Crippen MR) is 72.1 cm³/mol. The number of carbonyl (C=O) groups excluding carboxylic acids is 1. The van der Waals surface area contributed by atoms with Crippen molar-refractivity contribution in [3.05, 3.63) is 6.07 Å². The van der Waals surface area contributed by atoms with Gasteiger partial charge in [-0.2, -0.15) is 9.97 Å². The van der Waals surface area contributed by atoms with Crippen LogP contribution in [0.4, 0.5) is 17.6 Å². The van der Waals surface area contributed by atoms with E-state index in [1.54, 1.807) is 6.07 Å². The molecule has 100 valence electrons. The van der Waals surface area contributed by atoms with E-state index in [9.17, 15) is 4.79 Å². The molecule has 18 heavy (non-hydrogen) atoms. The molecule has 7 heteroatoms. The molecule has 0 aromatic carbocycles. The van der Waals surface area contributed by atoms with Crippen molar-refractivity contribution in [1.29, 1.82) is 0 Å². The number of primary amides is 1. The van der Waals surface area contributed by atoms with Crippen molar-refractivity contribution < 1.29 is 4.79 Å². The molecule has 0 aliphatic rings. The molecule has 6 N–H and O–H groups in total.